The Morgan fingerprint density at radius 2 is 2.10 bits per heavy atom. The van der Waals surface area contributed by atoms with E-state index in [1.807, 2.05) is 0 Å². The van der Waals surface area contributed by atoms with Crippen LogP contribution in [0.5, 0.6) is 5.75 Å². The van der Waals surface area contributed by atoms with Gasteiger partial charge < -0.3 is 14.7 Å². The van der Waals surface area contributed by atoms with E-state index in [4.69, 9.17) is 9.84 Å². The number of amides is 1. The van der Waals surface area contributed by atoms with E-state index in [9.17, 15) is 14.0 Å². The second-order valence-corrected chi connectivity index (χ2v) is 4.17. The molecule has 110 valence electrons. The van der Waals surface area contributed by atoms with Crippen LogP contribution in [0.3, 0.4) is 0 Å². The van der Waals surface area contributed by atoms with Gasteiger partial charge in [0, 0.05) is 19.2 Å². The first-order valence-corrected chi connectivity index (χ1v) is 6.41. The van der Waals surface area contributed by atoms with Gasteiger partial charge in [0.15, 0.2) is 0 Å². The number of hydrogen-bond donors (Lipinski definition) is 1. The van der Waals surface area contributed by atoms with E-state index in [0.29, 0.717) is 12.3 Å². The molecule has 0 atom stereocenters. The van der Waals surface area contributed by atoms with E-state index in [0.717, 1.165) is 0 Å². The van der Waals surface area contributed by atoms with Crippen molar-refractivity contribution in [3.8, 4) is 5.75 Å². The lowest BCUT2D eigenvalue weighted by Gasteiger charge is -2.20. The van der Waals surface area contributed by atoms with Gasteiger partial charge in [-0.25, -0.2) is 4.39 Å². The molecule has 6 heteroatoms. The second-order valence-electron chi connectivity index (χ2n) is 4.17. The van der Waals surface area contributed by atoms with Crippen molar-refractivity contribution in [3.63, 3.8) is 0 Å². The SMILES string of the molecule is CCN(CCC(=O)O)C(=O)CCOc1cccc(F)c1. The number of carboxylic acid groups (broad SMARTS) is 1. The van der Waals surface area contributed by atoms with Crippen LogP contribution in [-0.2, 0) is 9.59 Å². The molecule has 1 aromatic carbocycles. The fourth-order valence-corrected chi connectivity index (χ4v) is 1.66. The Bertz CT molecular complexity index is 464. The molecular weight excluding hydrogens is 265 g/mol. The topological polar surface area (TPSA) is 66.8 Å². The Hall–Kier alpha value is -2.11. The second kappa shape index (κ2) is 8.14. The monoisotopic (exact) mass is 283 g/mol. The van der Waals surface area contributed by atoms with Gasteiger partial charge in [-0.15, -0.1) is 0 Å². The third kappa shape index (κ3) is 5.69. The average Bonchev–Trinajstić information content (AvgIpc) is 2.39. The molecule has 0 saturated heterocycles. The molecule has 0 spiro atoms. The van der Waals surface area contributed by atoms with Crippen LogP contribution < -0.4 is 4.74 Å². The van der Waals surface area contributed by atoms with Crippen LogP contribution in [0.1, 0.15) is 19.8 Å². The minimum Gasteiger partial charge on any atom is -0.493 e. The highest BCUT2D eigenvalue weighted by Crippen LogP contribution is 2.12. The molecule has 0 heterocycles. The van der Waals surface area contributed by atoms with Gasteiger partial charge in [-0.2, -0.15) is 0 Å². The van der Waals surface area contributed by atoms with Crippen LogP contribution in [-0.4, -0.2) is 41.6 Å². The summed E-state index contributed by atoms with van der Waals surface area (Å²) < 4.78 is 18.2. The van der Waals surface area contributed by atoms with Gasteiger partial charge in [-0.1, -0.05) is 6.07 Å². The summed E-state index contributed by atoms with van der Waals surface area (Å²) in [5, 5.41) is 8.59. The van der Waals surface area contributed by atoms with Gasteiger partial charge in [0.2, 0.25) is 5.91 Å². The molecule has 0 aliphatic heterocycles. The van der Waals surface area contributed by atoms with Gasteiger partial charge in [0.05, 0.1) is 19.4 Å². The number of carboxylic acids is 1. The van der Waals surface area contributed by atoms with Crippen LogP contribution in [0.4, 0.5) is 4.39 Å². The van der Waals surface area contributed by atoms with Crippen molar-refractivity contribution in [1.29, 1.82) is 0 Å². The first-order valence-electron chi connectivity index (χ1n) is 6.41. The smallest absolute Gasteiger partial charge is 0.305 e. The molecule has 0 fully saturated rings. The van der Waals surface area contributed by atoms with Crippen LogP contribution in [0.2, 0.25) is 0 Å². The molecule has 1 aromatic rings. The maximum absolute atomic E-state index is 12.9. The van der Waals surface area contributed by atoms with Crippen LogP contribution in [0.25, 0.3) is 0 Å². The van der Waals surface area contributed by atoms with Crippen molar-refractivity contribution < 1.29 is 23.8 Å². The molecule has 0 saturated carbocycles. The van der Waals surface area contributed by atoms with E-state index >= 15 is 0 Å². The van der Waals surface area contributed by atoms with Crippen molar-refractivity contribution in [3.05, 3.63) is 30.1 Å². The lowest BCUT2D eigenvalue weighted by molar-refractivity contribution is -0.138. The summed E-state index contributed by atoms with van der Waals surface area (Å²) >= 11 is 0. The summed E-state index contributed by atoms with van der Waals surface area (Å²) in [5.41, 5.74) is 0. The fourth-order valence-electron chi connectivity index (χ4n) is 1.66. The summed E-state index contributed by atoms with van der Waals surface area (Å²) in [6.07, 6.45) is 0.0499. The zero-order valence-corrected chi connectivity index (χ0v) is 11.3. The lowest BCUT2D eigenvalue weighted by atomic mass is 10.3. The minimum absolute atomic E-state index is 0.0790. The normalized spacial score (nSPS) is 10.1. The van der Waals surface area contributed by atoms with Gasteiger partial charge in [0.25, 0.3) is 0 Å². The van der Waals surface area contributed by atoms with Gasteiger partial charge >= 0.3 is 5.97 Å². The maximum atomic E-state index is 12.9. The minimum atomic E-state index is -0.938. The van der Waals surface area contributed by atoms with E-state index < -0.39 is 11.8 Å². The molecule has 1 N–H and O–H groups in total. The highest BCUT2D eigenvalue weighted by atomic mass is 19.1. The number of halogens is 1. The highest BCUT2D eigenvalue weighted by Gasteiger charge is 2.12. The molecule has 1 amide bonds. The number of benzene rings is 1. The van der Waals surface area contributed by atoms with E-state index in [1.54, 1.807) is 13.0 Å². The Kier molecular flexibility index (Phi) is 6.49. The van der Waals surface area contributed by atoms with Crippen molar-refractivity contribution >= 4 is 11.9 Å². The molecule has 0 bridgehead atoms. The molecule has 0 radical (unpaired) electrons. The van der Waals surface area contributed by atoms with Gasteiger partial charge in [-0.05, 0) is 19.1 Å². The third-order valence-electron chi connectivity index (χ3n) is 2.71. The summed E-state index contributed by atoms with van der Waals surface area (Å²) in [6, 6.07) is 5.68. The van der Waals surface area contributed by atoms with E-state index in [1.165, 1.54) is 23.1 Å². The van der Waals surface area contributed by atoms with Crippen LogP contribution in [0, 0.1) is 5.82 Å². The summed E-state index contributed by atoms with van der Waals surface area (Å²) in [6.45, 7) is 2.55. The predicted molar refractivity (Wildman–Crippen MR) is 71.0 cm³/mol. The van der Waals surface area contributed by atoms with Crippen LogP contribution >= 0.6 is 0 Å². The molecule has 0 aliphatic rings. The molecule has 20 heavy (non-hydrogen) atoms. The van der Waals surface area contributed by atoms with E-state index in [2.05, 4.69) is 0 Å². The van der Waals surface area contributed by atoms with Gasteiger partial charge in [-0.3, -0.25) is 9.59 Å². The third-order valence-corrected chi connectivity index (χ3v) is 2.71. The number of rotatable bonds is 8. The first-order chi connectivity index (χ1) is 9.52. The van der Waals surface area contributed by atoms with Gasteiger partial charge in [0.1, 0.15) is 11.6 Å². The highest BCUT2D eigenvalue weighted by molar-refractivity contribution is 5.77. The largest absolute Gasteiger partial charge is 0.493 e. The molecule has 0 aliphatic carbocycles. The Morgan fingerprint density at radius 3 is 2.70 bits per heavy atom. The predicted octanol–water partition coefficient (Wildman–Crippen LogP) is 1.92. The quantitative estimate of drug-likeness (QED) is 0.791. The Balaban J connectivity index is 2.36. The number of ether oxygens (including phenoxy) is 1. The van der Waals surface area contributed by atoms with E-state index in [-0.39, 0.29) is 31.9 Å². The summed E-state index contributed by atoms with van der Waals surface area (Å²) in [7, 11) is 0. The maximum Gasteiger partial charge on any atom is 0.305 e. The zero-order valence-electron chi connectivity index (χ0n) is 11.3. The molecule has 5 nitrogen and oxygen atoms in total. The van der Waals surface area contributed by atoms with Crippen molar-refractivity contribution in [2.24, 2.45) is 0 Å². The van der Waals surface area contributed by atoms with Crippen molar-refractivity contribution in [2.45, 2.75) is 19.8 Å². The standard InChI is InChI=1S/C14H18FNO4/c1-2-16(8-6-14(18)19)13(17)7-9-20-12-5-3-4-11(15)10-12/h3-5,10H,2,6-9H2,1H3,(H,18,19). The lowest BCUT2D eigenvalue weighted by Crippen LogP contribution is -2.33. The number of carbonyl (C=O) groups is 2. The average molecular weight is 283 g/mol. The fraction of sp³-hybridized carbons (Fsp3) is 0.429. The molecular formula is C14H18FNO4. The van der Waals surface area contributed by atoms with Crippen molar-refractivity contribution in [2.75, 3.05) is 19.7 Å². The van der Waals surface area contributed by atoms with Crippen molar-refractivity contribution in [1.82, 2.24) is 4.90 Å². The Morgan fingerprint density at radius 1 is 1.35 bits per heavy atom. The first kappa shape index (κ1) is 15.9. The number of hydrogen-bond acceptors (Lipinski definition) is 3. The van der Waals surface area contributed by atoms with Crippen LogP contribution in [0.15, 0.2) is 24.3 Å². The molecule has 0 aromatic heterocycles. The Labute approximate surface area is 117 Å². The number of aliphatic carboxylic acids is 1. The number of carbonyl (C=O) groups excluding carboxylic acids is 1. The molecule has 0 unspecified atom stereocenters. The summed E-state index contributed by atoms with van der Waals surface area (Å²) in [4.78, 5) is 23.8. The molecule has 1 rings (SSSR count). The zero-order chi connectivity index (χ0) is 15.0. The summed E-state index contributed by atoms with van der Waals surface area (Å²) in [5.74, 6) is -1.14. The number of nitrogens with zero attached hydrogens (tertiary/aromatic N) is 1.